The van der Waals surface area contributed by atoms with Crippen LogP contribution < -0.4 is 4.74 Å². The van der Waals surface area contributed by atoms with Gasteiger partial charge in [-0.3, -0.25) is 4.79 Å². The molecule has 0 saturated heterocycles. The Morgan fingerprint density at radius 3 is 2.80 bits per heavy atom. The molecule has 2 nitrogen and oxygen atoms in total. The molecular formula is C16H23FO2S. The van der Waals surface area contributed by atoms with Crippen molar-refractivity contribution in [2.75, 3.05) is 12.2 Å². The first kappa shape index (κ1) is 17.0. The second-order valence-corrected chi connectivity index (χ2v) is 5.57. The van der Waals surface area contributed by atoms with E-state index >= 15 is 0 Å². The minimum absolute atomic E-state index is 0.175. The van der Waals surface area contributed by atoms with Crippen LogP contribution in [0, 0.1) is 5.82 Å². The number of halogens is 1. The molecule has 0 heterocycles. The van der Waals surface area contributed by atoms with Gasteiger partial charge in [0.05, 0.1) is 0 Å². The smallest absolute Gasteiger partial charge is 0.133 e. The van der Waals surface area contributed by atoms with E-state index in [9.17, 15) is 9.18 Å². The van der Waals surface area contributed by atoms with Crippen molar-refractivity contribution in [3.05, 3.63) is 29.6 Å². The number of ether oxygens (including phenoxy) is 1. The molecule has 0 atom stereocenters. The first-order valence-corrected chi connectivity index (χ1v) is 8.48. The number of unbranched alkanes of at least 4 members (excludes halogenated alkanes) is 2. The van der Waals surface area contributed by atoms with Gasteiger partial charge in [-0.05, 0) is 49.3 Å². The van der Waals surface area contributed by atoms with E-state index in [1.165, 1.54) is 6.07 Å². The van der Waals surface area contributed by atoms with Gasteiger partial charge in [0.25, 0.3) is 0 Å². The quantitative estimate of drug-likeness (QED) is 0.466. The van der Waals surface area contributed by atoms with Gasteiger partial charge in [-0.25, -0.2) is 4.39 Å². The van der Waals surface area contributed by atoms with Gasteiger partial charge >= 0.3 is 0 Å². The summed E-state index contributed by atoms with van der Waals surface area (Å²) in [6.45, 7) is 1.89. The Kier molecular flexibility index (Phi) is 8.35. The van der Waals surface area contributed by atoms with E-state index in [1.54, 1.807) is 23.9 Å². The van der Waals surface area contributed by atoms with Gasteiger partial charge in [-0.15, -0.1) is 11.8 Å². The fourth-order valence-corrected chi connectivity index (χ4v) is 2.20. The zero-order chi connectivity index (χ0) is 14.8. The molecule has 0 fully saturated rings. The highest BCUT2D eigenvalue weighted by molar-refractivity contribution is 7.98. The van der Waals surface area contributed by atoms with Gasteiger partial charge in [0.15, 0.2) is 0 Å². The Hall–Kier alpha value is -1.03. The van der Waals surface area contributed by atoms with Crippen molar-refractivity contribution in [2.45, 2.75) is 45.4 Å². The van der Waals surface area contributed by atoms with E-state index in [0.29, 0.717) is 36.5 Å². The summed E-state index contributed by atoms with van der Waals surface area (Å²) in [5, 5.41) is 0. The van der Waals surface area contributed by atoms with Gasteiger partial charge in [-0.1, -0.05) is 13.3 Å². The van der Waals surface area contributed by atoms with Crippen molar-refractivity contribution in [1.82, 2.24) is 0 Å². The zero-order valence-corrected chi connectivity index (χ0v) is 13.1. The van der Waals surface area contributed by atoms with Gasteiger partial charge in [-0.2, -0.15) is 0 Å². The molecule has 0 aliphatic carbocycles. The highest BCUT2D eigenvalue weighted by Gasteiger charge is 2.05. The molecule has 1 rings (SSSR count). The van der Waals surface area contributed by atoms with Crippen LogP contribution in [-0.4, -0.2) is 18.0 Å². The van der Waals surface area contributed by atoms with Crippen LogP contribution in [0.5, 0.6) is 5.75 Å². The van der Waals surface area contributed by atoms with Crippen LogP contribution in [-0.2, 0) is 11.2 Å². The van der Waals surface area contributed by atoms with Gasteiger partial charge in [0, 0.05) is 12.8 Å². The lowest BCUT2D eigenvalue weighted by molar-refractivity contribution is -0.118. The summed E-state index contributed by atoms with van der Waals surface area (Å²) < 4.78 is 19.1. The number of hydrogen-bond donors (Lipinski definition) is 0. The van der Waals surface area contributed by atoms with Crippen molar-refractivity contribution in [3.63, 3.8) is 0 Å². The third-order valence-corrected chi connectivity index (χ3v) is 3.51. The molecule has 0 amide bonds. The number of thioether (sulfide) groups is 1. The molecule has 1 aromatic carbocycles. The maximum absolute atomic E-state index is 13.7. The lowest BCUT2D eigenvalue weighted by Crippen LogP contribution is -1.97. The SMILES string of the molecule is CCC(=O)CCCCCc1cc(OCSC)ccc1F. The van der Waals surface area contributed by atoms with Crippen molar-refractivity contribution in [1.29, 1.82) is 0 Å². The first-order valence-electron chi connectivity index (χ1n) is 7.09. The maximum Gasteiger partial charge on any atom is 0.133 e. The minimum Gasteiger partial charge on any atom is -0.483 e. The van der Waals surface area contributed by atoms with Gasteiger partial charge in [0.2, 0.25) is 0 Å². The topological polar surface area (TPSA) is 26.3 Å². The Labute approximate surface area is 125 Å². The highest BCUT2D eigenvalue weighted by atomic mass is 32.2. The zero-order valence-electron chi connectivity index (χ0n) is 12.3. The van der Waals surface area contributed by atoms with Crippen LogP contribution >= 0.6 is 11.8 Å². The Morgan fingerprint density at radius 2 is 2.10 bits per heavy atom. The monoisotopic (exact) mass is 298 g/mol. The van der Waals surface area contributed by atoms with Crippen LogP contribution in [0.25, 0.3) is 0 Å². The van der Waals surface area contributed by atoms with Crippen molar-refractivity contribution in [3.8, 4) is 5.75 Å². The Balaban J connectivity index is 2.36. The largest absolute Gasteiger partial charge is 0.483 e. The number of carbonyl (C=O) groups excluding carboxylic acids is 1. The number of Topliss-reactive ketones (excluding diaryl/α,β-unsaturated/α-hetero) is 1. The summed E-state index contributed by atoms with van der Waals surface area (Å²) >= 11 is 1.59. The predicted octanol–water partition coefficient (Wildman–Crippen LogP) is 4.61. The molecule has 0 radical (unpaired) electrons. The standard InChI is InChI=1S/C16H23FO2S/c1-3-14(18)8-6-4-5-7-13-11-15(19-12-20-2)9-10-16(13)17/h9-11H,3-8,12H2,1-2H3. The van der Waals surface area contributed by atoms with Crippen LogP contribution in [0.1, 0.15) is 44.6 Å². The van der Waals surface area contributed by atoms with E-state index in [-0.39, 0.29) is 5.82 Å². The summed E-state index contributed by atoms with van der Waals surface area (Å²) in [5.74, 6) is 1.43. The maximum atomic E-state index is 13.7. The summed E-state index contributed by atoms with van der Waals surface area (Å²) in [6.07, 6.45) is 6.68. The van der Waals surface area contributed by atoms with Gasteiger partial charge < -0.3 is 4.74 Å². The summed E-state index contributed by atoms with van der Waals surface area (Å²) in [7, 11) is 0. The lowest BCUT2D eigenvalue weighted by Gasteiger charge is -2.08. The van der Waals surface area contributed by atoms with Crippen molar-refractivity contribution < 1.29 is 13.9 Å². The number of rotatable bonds is 10. The fourth-order valence-electron chi connectivity index (χ4n) is 1.95. The average molecular weight is 298 g/mol. The molecule has 20 heavy (non-hydrogen) atoms. The van der Waals surface area contributed by atoms with Crippen molar-refractivity contribution >= 4 is 17.5 Å². The van der Waals surface area contributed by atoms with E-state index in [4.69, 9.17) is 4.74 Å². The Morgan fingerprint density at radius 1 is 1.30 bits per heavy atom. The average Bonchev–Trinajstić information content (AvgIpc) is 2.46. The minimum atomic E-state index is -0.175. The summed E-state index contributed by atoms with van der Waals surface area (Å²) in [4.78, 5) is 11.2. The van der Waals surface area contributed by atoms with E-state index in [1.807, 2.05) is 13.2 Å². The molecule has 0 spiro atoms. The fraction of sp³-hybridized carbons (Fsp3) is 0.562. The molecule has 1 aromatic rings. The number of hydrogen-bond acceptors (Lipinski definition) is 3. The summed E-state index contributed by atoms with van der Waals surface area (Å²) in [5.41, 5.74) is 0.699. The lowest BCUT2D eigenvalue weighted by atomic mass is 10.0. The molecule has 0 aromatic heterocycles. The second kappa shape index (κ2) is 9.81. The second-order valence-electron chi connectivity index (χ2n) is 4.76. The number of ketones is 1. The number of carbonyl (C=O) groups is 1. The molecular weight excluding hydrogens is 275 g/mol. The normalized spacial score (nSPS) is 10.6. The van der Waals surface area contributed by atoms with Crippen LogP contribution in [0.2, 0.25) is 0 Å². The molecule has 0 N–H and O–H groups in total. The number of aryl methyl sites for hydroxylation is 1. The third-order valence-electron chi connectivity index (χ3n) is 3.16. The molecule has 0 bridgehead atoms. The van der Waals surface area contributed by atoms with Crippen molar-refractivity contribution in [2.24, 2.45) is 0 Å². The first-order chi connectivity index (χ1) is 9.67. The molecule has 0 aliphatic rings. The van der Waals surface area contributed by atoms with Crippen LogP contribution in [0.15, 0.2) is 18.2 Å². The van der Waals surface area contributed by atoms with E-state index in [2.05, 4.69) is 0 Å². The highest BCUT2D eigenvalue weighted by Crippen LogP contribution is 2.20. The third kappa shape index (κ3) is 6.42. The van der Waals surface area contributed by atoms with Crippen LogP contribution in [0.3, 0.4) is 0 Å². The van der Waals surface area contributed by atoms with Crippen LogP contribution in [0.4, 0.5) is 4.39 Å². The number of benzene rings is 1. The molecule has 0 unspecified atom stereocenters. The Bertz CT molecular complexity index is 421. The predicted molar refractivity (Wildman–Crippen MR) is 82.9 cm³/mol. The molecule has 112 valence electrons. The van der Waals surface area contributed by atoms with E-state index in [0.717, 1.165) is 25.0 Å². The molecule has 0 aliphatic heterocycles. The summed E-state index contributed by atoms with van der Waals surface area (Å²) in [6, 6.07) is 4.91. The molecule has 0 saturated carbocycles. The van der Waals surface area contributed by atoms with Gasteiger partial charge in [0.1, 0.15) is 23.3 Å². The molecule has 4 heteroatoms. The van der Waals surface area contributed by atoms with E-state index < -0.39 is 0 Å².